The minimum atomic E-state index is -0.0925. The van der Waals surface area contributed by atoms with Gasteiger partial charge >= 0.3 is 69.2 Å². The Morgan fingerprint density at radius 1 is 1.20 bits per heavy atom. The molecule has 0 aliphatic heterocycles. The Morgan fingerprint density at radius 2 is 1.80 bits per heavy atom. The van der Waals surface area contributed by atoms with E-state index in [9.17, 15) is 0 Å². The first kappa shape index (κ1) is 10.7. The molecule has 0 rings (SSSR count). The van der Waals surface area contributed by atoms with Crippen molar-refractivity contribution in [1.29, 1.82) is 0 Å². The third-order valence-electron chi connectivity index (χ3n) is 0.763. The maximum absolute atomic E-state index is 5.48. The van der Waals surface area contributed by atoms with Gasteiger partial charge in [0.1, 0.15) is 0 Å². The van der Waals surface area contributed by atoms with Gasteiger partial charge in [-0.1, -0.05) is 0 Å². The van der Waals surface area contributed by atoms with Crippen LogP contribution < -0.4 is 0 Å². The standard InChI is InChI=1S/CH4B8S/c1-10(3)9-8-7-6-5-4-2/h2H,1H3. The normalized spacial score (nSPS) is 8.80. The van der Waals surface area contributed by atoms with Crippen LogP contribution in [-0.2, 0) is 0 Å². The minimum absolute atomic E-state index is 0.0925. The van der Waals surface area contributed by atoms with Crippen molar-refractivity contribution in [1.82, 2.24) is 0 Å². The van der Waals surface area contributed by atoms with Gasteiger partial charge in [0.2, 0.25) is 0 Å². The van der Waals surface area contributed by atoms with Crippen molar-refractivity contribution >= 4 is 63.0 Å². The fraction of sp³-hybridized carbons (Fsp3) is 1.00. The van der Waals surface area contributed by atoms with E-state index in [1.54, 1.807) is 6.69 Å². The van der Waals surface area contributed by atoms with Gasteiger partial charge in [-0.3, -0.25) is 0 Å². The van der Waals surface area contributed by atoms with Gasteiger partial charge in [0.15, 0.2) is 0 Å². The number of hydrogen-bond donors (Lipinski definition) is 0. The molecule has 0 aromatic carbocycles. The molecule has 0 saturated heterocycles. The van der Waals surface area contributed by atoms with Crippen molar-refractivity contribution in [2.45, 2.75) is 0 Å². The Morgan fingerprint density at radius 3 is 2.30 bits per heavy atom. The first-order chi connectivity index (χ1) is 4.77. The Bertz CT molecular complexity index is 265. The predicted octanol–water partition coefficient (Wildman–Crippen LogP) is -2.50. The first-order valence-corrected chi connectivity index (χ1v) is 4.71. The Labute approximate surface area is 69.5 Å². The molecule has 0 aliphatic rings. The van der Waals surface area contributed by atoms with Crippen molar-refractivity contribution < 1.29 is 0 Å². The van der Waals surface area contributed by atoms with Crippen LogP contribution >= 0.6 is 9.56 Å². The van der Waals surface area contributed by atoms with E-state index in [0.717, 1.165) is 0 Å². The molecular weight excluding hydrogens is 131 g/mol. The van der Waals surface area contributed by atoms with Crippen molar-refractivity contribution in [2.24, 2.45) is 0 Å². The predicted molar refractivity (Wildman–Crippen MR) is 60.9 cm³/mol. The van der Waals surface area contributed by atoms with E-state index in [0.29, 0.717) is 0 Å². The van der Waals surface area contributed by atoms with Gasteiger partial charge < -0.3 is 0 Å². The molecule has 0 aromatic heterocycles. The molecule has 0 fully saturated rings. The van der Waals surface area contributed by atoms with Crippen LogP contribution in [0.5, 0.6) is 0 Å². The molecule has 0 aliphatic carbocycles. The molecule has 10 heavy (non-hydrogen) atoms. The summed E-state index contributed by atoms with van der Waals surface area (Å²) in [6.45, 7) is 14.9. The average Bonchev–Trinajstić information content (AvgIpc) is 1.87. The fourth-order valence-electron chi connectivity index (χ4n) is 0.376. The zero-order valence-electron chi connectivity index (χ0n) is 6.16. The molecule has 0 radical (unpaired) electrons. The molecule has 38 valence electrons. The zero-order valence-corrected chi connectivity index (χ0v) is 6.97. The summed E-state index contributed by atoms with van der Waals surface area (Å²) in [6, 6.07) is 1.95. The summed E-state index contributed by atoms with van der Waals surface area (Å²) in [6.07, 6.45) is 1.96. The molecule has 0 unspecified atom stereocenters. The Kier molecular flexibility index (Phi) is 8.42. The van der Waals surface area contributed by atoms with Crippen molar-refractivity contribution in [3.63, 3.8) is 0 Å². The van der Waals surface area contributed by atoms with Crippen LogP contribution in [0.1, 0.15) is 0 Å². The molecule has 0 atom stereocenters. The van der Waals surface area contributed by atoms with Gasteiger partial charge in [0.25, 0.3) is 0 Å². The van der Waals surface area contributed by atoms with Gasteiger partial charge in [-0.05, 0) is 0 Å². The van der Waals surface area contributed by atoms with E-state index in [1.807, 2.05) is 39.1 Å². The molecule has 0 saturated carbocycles. The van der Waals surface area contributed by atoms with Gasteiger partial charge in [0, 0.05) is 0 Å². The maximum atomic E-state index is 5.48. The molecule has 0 N–H and O–H groups in total. The topological polar surface area (TPSA) is 0 Å². The number of hydrogen-bond acceptors (Lipinski definition) is 0. The summed E-state index contributed by atoms with van der Waals surface area (Å²) in [5.41, 5.74) is 0. The van der Waals surface area contributed by atoms with Crippen LogP contribution in [0.2, 0.25) is 0 Å². The zero-order chi connectivity index (χ0) is 7.82. The van der Waals surface area contributed by atoms with E-state index in [2.05, 4.69) is 7.37 Å². The third kappa shape index (κ3) is 8.74. The van der Waals surface area contributed by atoms with Gasteiger partial charge in [-0.15, -0.1) is 0 Å². The van der Waals surface area contributed by atoms with Crippen LogP contribution in [0.15, 0.2) is 0 Å². The van der Waals surface area contributed by atoms with Crippen LogP contribution in [0.3, 0.4) is 0 Å². The third-order valence-corrected chi connectivity index (χ3v) is 1.35. The molecule has 0 amide bonds. The van der Waals surface area contributed by atoms with Crippen molar-refractivity contribution in [3.05, 3.63) is 0 Å². The van der Waals surface area contributed by atoms with E-state index in [4.69, 9.17) is 6.53 Å². The second kappa shape index (κ2) is 7.84. The second-order valence-corrected chi connectivity index (χ2v) is 3.24. The first-order valence-electron chi connectivity index (χ1n) is 2.95. The number of rotatable bonds is 3. The molecule has 0 spiro atoms. The van der Waals surface area contributed by atoms with E-state index in [-0.39, 0.29) is 9.56 Å². The van der Waals surface area contributed by atoms with Crippen LogP contribution in [0, 0.1) is 0 Å². The quantitative estimate of drug-likeness (QED) is 0.375. The summed E-state index contributed by atoms with van der Waals surface area (Å²) in [7, 11) is 3.45. The Balaban J connectivity index is 3.83. The summed E-state index contributed by atoms with van der Waals surface area (Å²) in [5, 5.41) is 0. The summed E-state index contributed by atoms with van der Waals surface area (Å²) < 4.78 is 0. The van der Waals surface area contributed by atoms with Gasteiger partial charge in [0.05, 0.1) is 0 Å². The Hall–Kier alpha value is 0.739. The molecule has 0 heterocycles. The molecule has 9 heteroatoms. The summed E-state index contributed by atoms with van der Waals surface area (Å²) >= 11 is 0. The van der Waals surface area contributed by atoms with Gasteiger partial charge in [-0.2, -0.15) is 0 Å². The van der Waals surface area contributed by atoms with Crippen molar-refractivity contribution in [2.75, 3.05) is 6.26 Å². The molecule has 0 aromatic rings. The fourth-order valence-corrected chi connectivity index (χ4v) is 0.715. The van der Waals surface area contributed by atoms with Crippen LogP contribution in [-0.4, -0.2) is 59.7 Å². The second-order valence-electron chi connectivity index (χ2n) is 1.75. The monoisotopic (exact) mass is 136 g/mol. The van der Waals surface area contributed by atoms with E-state index >= 15 is 0 Å². The van der Waals surface area contributed by atoms with Crippen molar-refractivity contribution in [3.8, 4) is 0 Å². The molecular formula is CH4B8S. The van der Waals surface area contributed by atoms with E-state index in [1.165, 1.54) is 0 Å². The van der Waals surface area contributed by atoms with Crippen LogP contribution in [0.25, 0.3) is 0 Å². The molecule has 0 nitrogen and oxygen atoms in total. The SMILES string of the molecule is B#S(C)=BB=BB=BB=B. The molecule has 0 bridgehead atoms. The van der Waals surface area contributed by atoms with Gasteiger partial charge in [-0.25, -0.2) is 0 Å². The average molecular weight is 135 g/mol. The van der Waals surface area contributed by atoms with Crippen LogP contribution in [0.4, 0.5) is 0 Å². The summed E-state index contributed by atoms with van der Waals surface area (Å²) in [4.78, 5) is 0. The summed E-state index contributed by atoms with van der Waals surface area (Å²) in [5.74, 6) is 0. The van der Waals surface area contributed by atoms with E-state index < -0.39 is 0 Å².